The summed E-state index contributed by atoms with van der Waals surface area (Å²) in [6.45, 7) is 5.07. The van der Waals surface area contributed by atoms with Gasteiger partial charge in [-0.1, -0.05) is 6.07 Å². The van der Waals surface area contributed by atoms with Crippen LogP contribution in [0.5, 0.6) is 0 Å². The van der Waals surface area contributed by atoms with Crippen molar-refractivity contribution in [3.05, 3.63) is 24.3 Å². The van der Waals surface area contributed by atoms with Gasteiger partial charge in [-0.05, 0) is 38.5 Å². The molecule has 0 aromatic heterocycles. The molecule has 21 heavy (non-hydrogen) atoms. The minimum Gasteiger partial charge on any atom is -0.336 e. The van der Waals surface area contributed by atoms with Gasteiger partial charge < -0.3 is 16.4 Å². The van der Waals surface area contributed by atoms with Crippen molar-refractivity contribution in [3.63, 3.8) is 0 Å². The molecular weight excluding hydrogens is 268 g/mol. The second-order valence-electron chi connectivity index (χ2n) is 5.97. The van der Waals surface area contributed by atoms with Gasteiger partial charge in [-0.15, -0.1) is 0 Å². The van der Waals surface area contributed by atoms with Crippen molar-refractivity contribution < 1.29 is 9.59 Å². The molecule has 4 N–H and O–H groups in total. The van der Waals surface area contributed by atoms with Gasteiger partial charge in [-0.3, -0.25) is 9.69 Å². The third-order valence-corrected chi connectivity index (χ3v) is 3.29. The van der Waals surface area contributed by atoms with Crippen LogP contribution in [0.1, 0.15) is 26.7 Å². The number of anilines is 2. The average Bonchev–Trinajstić information content (AvgIpc) is 2.82. The number of amides is 3. The summed E-state index contributed by atoms with van der Waals surface area (Å²) in [4.78, 5) is 25.2. The lowest BCUT2D eigenvalue weighted by atomic mass is 10.00. The molecule has 0 spiro atoms. The third-order valence-electron chi connectivity index (χ3n) is 3.29. The van der Waals surface area contributed by atoms with Gasteiger partial charge in [0, 0.05) is 36.4 Å². The van der Waals surface area contributed by atoms with E-state index >= 15 is 0 Å². The van der Waals surface area contributed by atoms with Crippen LogP contribution < -0.4 is 21.3 Å². The summed E-state index contributed by atoms with van der Waals surface area (Å²) in [5.74, 6) is -0.0726. The monoisotopic (exact) mass is 290 g/mol. The molecule has 1 heterocycles. The number of nitrogens with one attached hydrogen (secondary N) is 2. The Hall–Kier alpha value is -2.08. The molecule has 1 aromatic carbocycles. The Kier molecular flexibility index (Phi) is 4.47. The van der Waals surface area contributed by atoms with Crippen LogP contribution in [0, 0.1) is 0 Å². The predicted molar refractivity (Wildman–Crippen MR) is 83.3 cm³/mol. The minimum atomic E-state index is -0.354. The summed E-state index contributed by atoms with van der Waals surface area (Å²) in [5.41, 5.74) is 6.98. The Morgan fingerprint density at radius 1 is 1.48 bits per heavy atom. The Morgan fingerprint density at radius 3 is 2.86 bits per heavy atom. The molecule has 0 aliphatic carbocycles. The zero-order chi connectivity index (χ0) is 15.5. The second-order valence-corrected chi connectivity index (χ2v) is 5.97. The Morgan fingerprint density at radius 2 is 2.24 bits per heavy atom. The van der Waals surface area contributed by atoms with Crippen molar-refractivity contribution in [2.45, 2.75) is 32.2 Å². The molecule has 6 nitrogen and oxygen atoms in total. The van der Waals surface area contributed by atoms with E-state index in [0.717, 1.165) is 5.69 Å². The third kappa shape index (κ3) is 4.46. The smallest absolute Gasteiger partial charge is 0.321 e. The van der Waals surface area contributed by atoms with E-state index in [-0.39, 0.29) is 17.5 Å². The number of nitrogens with two attached hydrogens (primary N) is 1. The highest BCUT2D eigenvalue weighted by atomic mass is 16.2. The molecule has 114 valence electrons. The van der Waals surface area contributed by atoms with Crippen LogP contribution in [-0.2, 0) is 4.79 Å². The van der Waals surface area contributed by atoms with Crippen LogP contribution in [0.25, 0.3) is 0 Å². The summed E-state index contributed by atoms with van der Waals surface area (Å²) in [6, 6.07) is 7.18. The maximum atomic E-state index is 11.9. The van der Waals surface area contributed by atoms with Crippen LogP contribution in [0.15, 0.2) is 24.3 Å². The molecule has 6 heteroatoms. The van der Waals surface area contributed by atoms with Gasteiger partial charge in [0.2, 0.25) is 5.91 Å². The fraction of sp³-hybridized carbons (Fsp3) is 0.467. The van der Waals surface area contributed by atoms with Crippen molar-refractivity contribution in [1.82, 2.24) is 5.32 Å². The maximum absolute atomic E-state index is 11.9. The summed E-state index contributed by atoms with van der Waals surface area (Å²) in [6.07, 6.45) is 0.991. The lowest BCUT2D eigenvalue weighted by Gasteiger charge is -2.18. The first-order valence-electron chi connectivity index (χ1n) is 7.09. The fourth-order valence-electron chi connectivity index (χ4n) is 2.13. The molecule has 1 aliphatic rings. The molecule has 1 saturated heterocycles. The SMILES string of the molecule is CC(C)(N)CCC(=O)Nc1cccc(N2CCNC2=O)c1. The molecule has 1 aromatic rings. The van der Waals surface area contributed by atoms with Crippen molar-refractivity contribution in [3.8, 4) is 0 Å². The van der Waals surface area contributed by atoms with E-state index in [2.05, 4.69) is 10.6 Å². The van der Waals surface area contributed by atoms with Crippen LogP contribution in [0.3, 0.4) is 0 Å². The summed E-state index contributed by atoms with van der Waals surface area (Å²) in [5, 5.41) is 5.59. The molecule has 0 unspecified atom stereocenters. The number of hydrogen-bond acceptors (Lipinski definition) is 3. The number of nitrogens with zero attached hydrogens (tertiary/aromatic N) is 1. The van der Waals surface area contributed by atoms with E-state index in [1.807, 2.05) is 32.0 Å². The number of carbonyl (C=O) groups excluding carboxylic acids is 2. The molecule has 0 radical (unpaired) electrons. The molecule has 0 atom stereocenters. The lowest BCUT2D eigenvalue weighted by Crippen LogP contribution is -2.33. The maximum Gasteiger partial charge on any atom is 0.321 e. The molecule has 1 fully saturated rings. The molecular formula is C15H22N4O2. The summed E-state index contributed by atoms with van der Waals surface area (Å²) >= 11 is 0. The van der Waals surface area contributed by atoms with E-state index in [4.69, 9.17) is 5.73 Å². The number of carbonyl (C=O) groups is 2. The van der Waals surface area contributed by atoms with E-state index in [1.54, 1.807) is 11.0 Å². The first-order valence-corrected chi connectivity index (χ1v) is 7.09. The Bertz CT molecular complexity index is 537. The van der Waals surface area contributed by atoms with E-state index in [9.17, 15) is 9.59 Å². The van der Waals surface area contributed by atoms with Crippen molar-refractivity contribution in [2.24, 2.45) is 5.73 Å². The number of benzene rings is 1. The summed E-state index contributed by atoms with van der Waals surface area (Å²) < 4.78 is 0. The predicted octanol–water partition coefficient (Wildman–Crippen LogP) is 1.67. The zero-order valence-corrected chi connectivity index (χ0v) is 12.5. The lowest BCUT2D eigenvalue weighted by molar-refractivity contribution is -0.116. The van der Waals surface area contributed by atoms with Crippen LogP contribution in [-0.4, -0.2) is 30.6 Å². The molecule has 3 amide bonds. The summed E-state index contributed by atoms with van der Waals surface area (Å²) in [7, 11) is 0. The molecule has 0 saturated carbocycles. The Labute approximate surface area is 124 Å². The van der Waals surface area contributed by atoms with Crippen molar-refractivity contribution in [1.29, 1.82) is 0 Å². The average molecular weight is 290 g/mol. The van der Waals surface area contributed by atoms with Gasteiger partial charge in [-0.25, -0.2) is 4.79 Å². The van der Waals surface area contributed by atoms with E-state index in [0.29, 0.717) is 31.6 Å². The van der Waals surface area contributed by atoms with Crippen molar-refractivity contribution in [2.75, 3.05) is 23.3 Å². The van der Waals surface area contributed by atoms with Crippen molar-refractivity contribution >= 4 is 23.3 Å². The first-order chi connectivity index (χ1) is 9.85. The molecule has 1 aliphatic heterocycles. The first kappa shape index (κ1) is 15.3. The largest absolute Gasteiger partial charge is 0.336 e. The molecule has 2 rings (SSSR count). The van der Waals surface area contributed by atoms with Crippen LogP contribution in [0.2, 0.25) is 0 Å². The van der Waals surface area contributed by atoms with Gasteiger partial charge in [0.15, 0.2) is 0 Å². The van der Waals surface area contributed by atoms with E-state index < -0.39 is 0 Å². The van der Waals surface area contributed by atoms with Gasteiger partial charge >= 0.3 is 6.03 Å². The van der Waals surface area contributed by atoms with Crippen LogP contribution >= 0.6 is 0 Å². The highest BCUT2D eigenvalue weighted by Crippen LogP contribution is 2.21. The highest BCUT2D eigenvalue weighted by Gasteiger charge is 2.21. The van der Waals surface area contributed by atoms with Gasteiger partial charge in [-0.2, -0.15) is 0 Å². The number of rotatable bonds is 5. The van der Waals surface area contributed by atoms with E-state index in [1.165, 1.54) is 0 Å². The van der Waals surface area contributed by atoms with Crippen LogP contribution in [0.4, 0.5) is 16.2 Å². The quantitative estimate of drug-likeness (QED) is 0.771. The normalized spacial score (nSPS) is 15.0. The van der Waals surface area contributed by atoms with Gasteiger partial charge in [0.25, 0.3) is 0 Å². The minimum absolute atomic E-state index is 0.0726. The fourth-order valence-corrected chi connectivity index (χ4v) is 2.13. The van der Waals surface area contributed by atoms with Gasteiger partial charge in [0.1, 0.15) is 0 Å². The number of hydrogen-bond donors (Lipinski definition) is 3. The second kappa shape index (κ2) is 6.13. The molecule has 0 bridgehead atoms. The standard InChI is InChI=1S/C15H22N4O2/c1-15(2,16)7-6-13(20)18-11-4-3-5-12(10-11)19-9-8-17-14(19)21/h3-5,10H,6-9,16H2,1-2H3,(H,17,21)(H,18,20). The number of urea groups is 1. The van der Waals surface area contributed by atoms with Gasteiger partial charge in [0.05, 0.1) is 0 Å². The Balaban J connectivity index is 1.98. The highest BCUT2D eigenvalue weighted by molar-refractivity contribution is 5.96. The zero-order valence-electron chi connectivity index (χ0n) is 12.5. The topological polar surface area (TPSA) is 87.5 Å².